The first kappa shape index (κ1) is 24.1. The molecule has 6 heteroatoms. The molecule has 2 aliphatic rings. The smallest absolute Gasteiger partial charge is 0.303 e. The van der Waals surface area contributed by atoms with Crippen LogP contribution in [0.15, 0.2) is 54.6 Å². The predicted octanol–water partition coefficient (Wildman–Crippen LogP) is 5.86. The molecule has 1 fully saturated rings. The molecular formula is C30H30O6. The maximum Gasteiger partial charge on any atom is 0.303 e. The van der Waals surface area contributed by atoms with Gasteiger partial charge >= 0.3 is 5.97 Å². The Morgan fingerprint density at radius 1 is 1.06 bits per heavy atom. The zero-order valence-corrected chi connectivity index (χ0v) is 20.6. The SMILES string of the molecule is Cc1cc(OC2CCOC2)cc(C)c1-c1cccc(COc2ccc3c(c2)C(=O)CC3CC(=O)O)c1. The fourth-order valence-electron chi connectivity index (χ4n) is 5.29. The second kappa shape index (κ2) is 10.2. The third kappa shape index (κ3) is 5.14. The molecule has 1 saturated heterocycles. The molecule has 0 aromatic heterocycles. The van der Waals surface area contributed by atoms with Crippen LogP contribution in [0.4, 0.5) is 0 Å². The first-order chi connectivity index (χ1) is 17.4. The van der Waals surface area contributed by atoms with Crippen LogP contribution < -0.4 is 9.47 Å². The molecule has 3 aromatic rings. The van der Waals surface area contributed by atoms with Crippen molar-refractivity contribution in [2.45, 2.75) is 51.7 Å². The average molecular weight is 487 g/mol. The molecule has 0 saturated carbocycles. The van der Waals surface area contributed by atoms with Gasteiger partial charge in [0.2, 0.25) is 0 Å². The van der Waals surface area contributed by atoms with Gasteiger partial charge in [-0.2, -0.15) is 0 Å². The number of rotatable bonds is 8. The Morgan fingerprint density at radius 3 is 2.58 bits per heavy atom. The van der Waals surface area contributed by atoms with E-state index in [1.54, 1.807) is 6.07 Å². The molecule has 0 radical (unpaired) electrons. The Hall–Kier alpha value is -3.64. The van der Waals surface area contributed by atoms with Crippen LogP contribution in [0.5, 0.6) is 11.5 Å². The van der Waals surface area contributed by atoms with Crippen molar-refractivity contribution in [2.24, 2.45) is 0 Å². The Morgan fingerprint density at radius 2 is 1.86 bits per heavy atom. The van der Waals surface area contributed by atoms with E-state index in [0.717, 1.165) is 46.6 Å². The van der Waals surface area contributed by atoms with Gasteiger partial charge in [-0.1, -0.05) is 24.3 Å². The highest BCUT2D eigenvalue weighted by Gasteiger charge is 2.31. The van der Waals surface area contributed by atoms with Crippen LogP contribution in [0.3, 0.4) is 0 Å². The third-order valence-corrected chi connectivity index (χ3v) is 6.94. The number of aryl methyl sites for hydroxylation is 2. The number of ketones is 1. The monoisotopic (exact) mass is 486 g/mol. The summed E-state index contributed by atoms with van der Waals surface area (Å²) in [6.45, 7) is 5.96. The topological polar surface area (TPSA) is 82.1 Å². The standard InChI is InChI=1S/C30H30O6/c1-18-10-25(36-24-8-9-34-17-24)11-19(2)30(18)21-5-3-4-20(12-21)16-35-23-6-7-26-22(14-29(32)33)13-28(31)27(26)15-23/h3-7,10-12,15,22,24H,8-9,13-14,16-17H2,1-2H3,(H,32,33). The van der Waals surface area contributed by atoms with E-state index >= 15 is 0 Å². The van der Waals surface area contributed by atoms with Gasteiger partial charge in [-0.05, 0) is 77.6 Å². The third-order valence-electron chi connectivity index (χ3n) is 6.94. The number of hydrogen-bond donors (Lipinski definition) is 1. The van der Waals surface area contributed by atoms with Crippen LogP contribution in [0.1, 0.15) is 57.8 Å². The number of aliphatic carboxylic acids is 1. The van der Waals surface area contributed by atoms with Gasteiger partial charge in [-0.25, -0.2) is 0 Å². The van der Waals surface area contributed by atoms with Crippen LogP contribution in [0.2, 0.25) is 0 Å². The molecule has 1 N–H and O–H groups in total. The van der Waals surface area contributed by atoms with E-state index in [1.165, 1.54) is 5.56 Å². The number of carboxylic acids is 1. The Bertz CT molecular complexity index is 1280. The average Bonchev–Trinajstić information content (AvgIpc) is 3.45. The van der Waals surface area contributed by atoms with E-state index in [-0.39, 0.29) is 30.6 Å². The highest BCUT2D eigenvalue weighted by Crippen LogP contribution is 2.37. The second-order valence-electron chi connectivity index (χ2n) is 9.70. The van der Waals surface area contributed by atoms with E-state index in [2.05, 4.69) is 38.1 Å². The molecule has 2 atom stereocenters. The highest BCUT2D eigenvalue weighted by atomic mass is 16.5. The van der Waals surface area contributed by atoms with Gasteiger partial charge < -0.3 is 19.3 Å². The largest absolute Gasteiger partial charge is 0.489 e. The summed E-state index contributed by atoms with van der Waals surface area (Å²) in [6.07, 6.45) is 1.24. The van der Waals surface area contributed by atoms with Crippen LogP contribution >= 0.6 is 0 Å². The molecule has 0 amide bonds. The molecule has 1 aliphatic heterocycles. The number of carbonyl (C=O) groups is 2. The number of fused-ring (bicyclic) bond motifs is 1. The number of benzene rings is 3. The van der Waals surface area contributed by atoms with Crippen LogP contribution in [0.25, 0.3) is 11.1 Å². The summed E-state index contributed by atoms with van der Waals surface area (Å²) in [5.41, 5.74) is 6.98. The van der Waals surface area contributed by atoms with Crippen molar-refractivity contribution in [3.63, 3.8) is 0 Å². The summed E-state index contributed by atoms with van der Waals surface area (Å²) in [5.74, 6) is 0.304. The van der Waals surface area contributed by atoms with Gasteiger partial charge in [-0.3, -0.25) is 9.59 Å². The van der Waals surface area contributed by atoms with E-state index in [4.69, 9.17) is 19.3 Å². The van der Waals surface area contributed by atoms with E-state index in [0.29, 0.717) is 24.5 Å². The van der Waals surface area contributed by atoms with Crippen molar-refractivity contribution < 1.29 is 28.9 Å². The fourth-order valence-corrected chi connectivity index (χ4v) is 5.29. The molecule has 0 bridgehead atoms. The summed E-state index contributed by atoms with van der Waals surface area (Å²) in [6, 6.07) is 17.8. The Kier molecular flexibility index (Phi) is 6.79. The molecule has 1 aliphatic carbocycles. The fraction of sp³-hybridized carbons (Fsp3) is 0.333. The van der Waals surface area contributed by atoms with Gasteiger partial charge in [0.25, 0.3) is 0 Å². The molecule has 5 rings (SSSR count). The van der Waals surface area contributed by atoms with Crippen molar-refractivity contribution in [3.8, 4) is 22.6 Å². The quantitative estimate of drug-likeness (QED) is 0.429. The Balaban J connectivity index is 1.30. The van der Waals surface area contributed by atoms with Crippen LogP contribution in [-0.4, -0.2) is 36.2 Å². The minimum Gasteiger partial charge on any atom is -0.489 e. The molecule has 3 aromatic carbocycles. The van der Waals surface area contributed by atoms with Crippen molar-refractivity contribution in [1.29, 1.82) is 0 Å². The van der Waals surface area contributed by atoms with Crippen molar-refractivity contribution in [3.05, 3.63) is 82.4 Å². The number of carboxylic acid groups (broad SMARTS) is 1. The molecule has 0 spiro atoms. The molecule has 6 nitrogen and oxygen atoms in total. The predicted molar refractivity (Wildman–Crippen MR) is 136 cm³/mol. The zero-order valence-electron chi connectivity index (χ0n) is 20.6. The second-order valence-corrected chi connectivity index (χ2v) is 9.70. The lowest BCUT2D eigenvalue weighted by Crippen LogP contribution is -2.15. The number of ether oxygens (including phenoxy) is 3. The number of carbonyl (C=O) groups excluding carboxylic acids is 1. The van der Waals surface area contributed by atoms with E-state index in [9.17, 15) is 9.59 Å². The van der Waals surface area contributed by atoms with Gasteiger partial charge in [0, 0.05) is 24.3 Å². The molecule has 2 unspecified atom stereocenters. The van der Waals surface area contributed by atoms with Crippen molar-refractivity contribution in [2.75, 3.05) is 13.2 Å². The molecule has 1 heterocycles. The van der Waals surface area contributed by atoms with Gasteiger partial charge in [0.05, 0.1) is 19.6 Å². The maximum absolute atomic E-state index is 12.4. The van der Waals surface area contributed by atoms with Crippen molar-refractivity contribution in [1.82, 2.24) is 0 Å². The lowest BCUT2D eigenvalue weighted by Gasteiger charge is -2.17. The first-order valence-corrected chi connectivity index (χ1v) is 12.3. The van der Waals surface area contributed by atoms with Crippen LogP contribution in [-0.2, 0) is 16.1 Å². The summed E-state index contributed by atoms with van der Waals surface area (Å²) < 4.78 is 17.6. The summed E-state index contributed by atoms with van der Waals surface area (Å²) in [5, 5.41) is 9.11. The molecule has 186 valence electrons. The normalized spacial score (nSPS) is 18.8. The first-order valence-electron chi connectivity index (χ1n) is 12.3. The Labute approximate surface area is 210 Å². The van der Waals surface area contributed by atoms with Gasteiger partial charge in [-0.15, -0.1) is 0 Å². The highest BCUT2D eigenvalue weighted by molar-refractivity contribution is 6.02. The van der Waals surface area contributed by atoms with Crippen molar-refractivity contribution >= 4 is 11.8 Å². The number of hydrogen-bond acceptors (Lipinski definition) is 5. The van der Waals surface area contributed by atoms with Crippen LogP contribution in [0, 0.1) is 13.8 Å². The van der Waals surface area contributed by atoms with E-state index < -0.39 is 5.97 Å². The maximum atomic E-state index is 12.4. The summed E-state index contributed by atoms with van der Waals surface area (Å²) >= 11 is 0. The number of Topliss-reactive ketones (excluding diaryl/α,β-unsaturated/α-hetero) is 1. The van der Waals surface area contributed by atoms with E-state index in [1.807, 2.05) is 24.3 Å². The molecule has 36 heavy (non-hydrogen) atoms. The lowest BCUT2D eigenvalue weighted by molar-refractivity contribution is -0.137. The minimum atomic E-state index is -0.892. The minimum absolute atomic E-state index is 0.0254. The lowest BCUT2D eigenvalue weighted by atomic mass is 9.94. The summed E-state index contributed by atoms with van der Waals surface area (Å²) in [4.78, 5) is 23.5. The van der Waals surface area contributed by atoms with Gasteiger partial charge in [0.15, 0.2) is 5.78 Å². The summed E-state index contributed by atoms with van der Waals surface area (Å²) in [7, 11) is 0. The molecular weight excluding hydrogens is 456 g/mol. The zero-order chi connectivity index (χ0) is 25.2. The van der Waals surface area contributed by atoms with Gasteiger partial charge in [0.1, 0.15) is 24.2 Å².